The predicted octanol–water partition coefficient (Wildman–Crippen LogP) is 6.11. The number of aryl methyl sites for hydroxylation is 2. The molecule has 0 amide bonds. The van der Waals surface area contributed by atoms with E-state index in [-0.39, 0.29) is 11.1 Å². The van der Waals surface area contributed by atoms with Gasteiger partial charge in [0.2, 0.25) is 0 Å². The van der Waals surface area contributed by atoms with Crippen LogP contribution in [0.25, 0.3) is 10.9 Å². The minimum absolute atomic E-state index is 0.123. The van der Waals surface area contributed by atoms with Gasteiger partial charge in [-0.25, -0.2) is 4.68 Å². The lowest BCUT2D eigenvalue weighted by Gasteiger charge is -2.33. The van der Waals surface area contributed by atoms with Gasteiger partial charge < -0.3 is 4.98 Å². The fourth-order valence-electron chi connectivity index (χ4n) is 5.18. The van der Waals surface area contributed by atoms with E-state index in [9.17, 15) is 4.79 Å². The van der Waals surface area contributed by atoms with Crippen LogP contribution in [0.2, 0.25) is 0 Å². The summed E-state index contributed by atoms with van der Waals surface area (Å²) in [6.07, 6.45) is 1.67. The Morgan fingerprint density at radius 1 is 0.925 bits per heavy atom. The van der Waals surface area contributed by atoms with Gasteiger partial charge in [0.15, 0.2) is 5.82 Å². The largest absolute Gasteiger partial charge is 0.322 e. The fraction of sp³-hybridized carbons (Fsp3) is 0.333. The highest BCUT2D eigenvalue weighted by molar-refractivity contribution is 5.81. The molecule has 0 fully saturated rings. The molecule has 7 nitrogen and oxygen atoms in total. The van der Waals surface area contributed by atoms with Crippen molar-refractivity contribution in [2.24, 2.45) is 0 Å². The van der Waals surface area contributed by atoms with Gasteiger partial charge in [-0.2, -0.15) is 0 Å². The van der Waals surface area contributed by atoms with Crippen LogP contribution in [0.1, 0.15) is 66.9 Å². The molecule has 0 saturated carbocycles. The highest BCUT2D eigenvalue weighted by Gasteiger charge is 2.34. The molecule has 1 atom stereocenters. The summed E-state index contributed by atoms with van der Waals surface area (Å²) in [4.78, 5) is 19.4. The summed E-state index contributed by atoms with van der Waals surface area (Å²) >= 11 is 0. The number of nitrogens with zero attached hydrogens (tertiary/aromatic N) is 5. The second-order valence-corrected chi connectivity index (χ2v) is 11.3. The second kappa shape index (κ2) is 11.6. The normalized spacial score (nSPS) is 12.8. The van der Waals surface area contributed by atoms with E-state index < -0.39 is 6.04 Å². The Morgan fingerprint density at radius 3 is 2.25 bits per heavy atom. The lowest BCUT2D eigenvalue weighted by molar-refractivity contribution is 0.190. The molecule has 2 aromatic heterocycles. The third kappa shape index (κ3) is 5.75. The predicted molar refractivity (Wildman–Crippen MR) is 160 cm³/mol. The number of hydrogen-bond acceptors (Lipinski definition) is 5. The zero-order valence-corrected chi connectivity index (χ0v) is 24.1. The summed E-state index contributed by atoms with van der Waals surface area (Å²) in [5.41, 5.74) is 5.77. The fourth-order valence-corrected chi connectivity index (χ4v) is 5.18. The number of benzene rings is 3. The maximum atomic E-state index is 13.9. The van der Waals surface area contributed by atoms with Crippen molar-refractivity contribution in [3.8, 4) is 0 Å². The van der Waals surface area contributed by atoms with E-state index in [1.165, 1.54) is 11.1 Å². The molecule has 0 aliphatic carbocycles. The highest BCUT2D eigenvalue weighted by atomic mass is 16.1. The number of aromatic amines is 1. The van der Waals surface area contributed by atoms with Crippen molar-refractivity contribution in [2.75, 3.05) is 6.54 Å². The Morgan fingerprint density at radius 2 is 1.57 bits per heavy atom. The second-order valence-electron chi connectivity index (χ2n) is 11.3. The molecule has 0 spiro atoms. The molecule has 0 bridgehead atoms. The van der Waals surface area contributed by atoms with Gasteiger partial charge in [0.1, 0.15) is 6.04 Å². The molecule has 2 heterocycles. The number of nitrogens with one attached hydrogen (secondary N) is 1. The third-order valence-electron chi connectivity index (χ3n) is 8.08. The van der Waals surface area contributed by atoms with Crippen molar-refractivity contribution in [3.05, 3.63) is 123 Å². The van der Waals surface area contributed by atoms with Crippen LogP contribution in [-0.4, -0.2) is 36.6 Å². The minimum atomic E-state index is -0.459. The smallest absolute Gasteiger partial charge is 0.253 e. The van der Waals surface area contributed by atoms with E-state index >= 15 is 0 Å². The quantitative estimate of drug-likeness (QED) is 0.234. The standard InChI is InChI=1S/C33H38N6O/c1-6-33(4,5)39-31(35-36-37-39)30(28-21-27-19-23(2)24(3)20-29(27)34-32(28)40)38(22-26-15-11-8-12-16-26)18-17-25-13-9-7-10-14-25/h7-16,19-21,30H,6,17-18,22H2,1-5H3,(H,34,40)/t30-/m1/s1. The van der Waals surface area contributed by atoms with Crippen LogP contribution in [0, 0.1) is 13.8 Å². The Labute approximate surface area is 235 Å². The molecule has 0 aliphatic heterocycles. The SMILES string of the molecule is CCC(C)(C)n1nnnc1[C@@H](c1cc2cc(C)c(C)cc2[nH]c1=O)N(CCc1ccccc1)Cc1ccccc1. The van der Waals surface area contributed by atoms with Gasteiger partial charge in [-0.15, -0.1) is 5.10 Å². The number of hydrogen-bond donors (Lipinski definition) is 1. The van der Waals surface area contributed by atoms with E-state index in [1.807, 2.05) is 28.9 Å². The number of rotatable bonds is 10. The van der Waals surface area contributed by atoms with Crippen LogP contribution in [0.3, 0.4) is 0 Å². The van der Waals surface area contributed by atoms with Crippen molar-refractivity contribution in [1.82, 2.24) is 30.1 Å². The van der Waals surface area contributed by atoms with E-state index in [4.69, 9.17) is 0 Å². The first-order valence-corrected chi connectivity index (χ1v) is 14.0. The summed E-state index contributed by atoms with van der Waals surface area (Å²) in [7, 11) is 0. The van der Waals surface area contributed by atoms with E-state index in [0.717, 1.165) is 34.9 Å². The molecule has 7 heteroatoms. The number of tetrazole rings is 1. The van der Waals surface area contributed by atoms with Crippen LogP contribution >= 0.6 is 0 Å². The summed E-state index contributed by atoms with van der Waals surface area (Å²) in [6, 6.07) is 26.6. The summed E-state index contributed by atoms with van der Waals surface area (Å²) in [6.45, 7) is 11.9. The van der Waals surface area contributed by atoms with Gasteiger partial charge in [0, 0.05) is 24.2 Å². The highest BCUT2D eigenvalue weighted by Crippen LogP contribution is 2.32. The Kier molecular flexibility index (Phi) is 7.94. The third-order valence-corrected chi connectivity index (χ3v) is 8.08. The van der Waals surface area contributed by atoms with Crippen molar-refractivity contribution in [2.45, 2.75) is 65.6 Å². The molecule has 0 aliphatic rings. The first-order valence-electron chi connectivity index (χ1n) is 14.0. The van der Waals surface area contributed by atoms with Crippen molar-refractivity contribution in [1.29, 1.82) is 0 Å². The lowest BCUT2D eigenvalue weighted by Crippen LogP contribution is -2.39. The van der Waals surface area contributed by atoms with Crippen LogP contribution in [0.4, 0.5) is 0 Å². The Bertz CT molecular complexity index is 1640. The number of H-pyrrole nitrogens is 1. The van der Waals surface area contributed by atoms with Gasteiger partial charge >= 0.3 is 0 Å². The van der Waals surface area contributed by atoms with E-state index in [1.54, 1.807) is 0 Å². The van der Waals surface area contributed by atoms with Crippen molar-refractivity contribution < 1.29 is 0 Å². The summed E-state index contributed by atoms with van der Waals surface area (Å²) < 4.78 is 1.90. The first-order chi connectivity index (χ1) is 19.3. The monoisotopic (exact) mass is 534 g/mol. The molecule has 0 unspecified atom stereocenters. The number of fused-ring (bicyclic) bond motifs is 1. The van der Waals surface area contributed by atoms with E-state index in [2.05, 4.69) is 115 Å². The molecule has 5 rings (SSSR count). The average molecular weight is 535 g/mol. The molecular weight excluding hydrogens is 496 g/mol. The average Bonchev–Trinajstić information content (AvgIpc) is 3.45. The van der Waals surface area contributed by atoms with Gasteiger partial charge in [0.25, 0.3) is 5.56 Å². The van der Waals surface area contributed by atoms with Crippen LogP contribution in [0.5, 0.6) is 0 Å². The van der Waals surface area contributed by atoms with Crippen LogP contribution in [-0.2, 0) is 18.5 Å². The molecule has 40 heavy (non-hydrogen) atoms. The maximum Gasteiger partial charge on any atom is 0.253 e. The Balaban J connectivity index is 1.70. The molecule has 0 saturated heterocycles. The molecule has 206 valence electrons. The van der Waals surface area contributed by atoms with Gasteiger partial charge in [-0.3, -0.25) is 9.69 Å². The van der Waals surface area contributed by atoms with Crippen LogP contribution < -0.4 is 5.56 Å². The van der Waals surface area contributed by atoms with E-state index in [0.29, 0.717) is 24.5 Å². The molecule has 3 aromatic carbocycles. The van der Waals surface area contributed by atoms with Crippen molar-refractivity contribution in [3.63, 3.8) is 0 Å². The number of aromatic nitrogens is 5. The van der Waals surface area contributed by atoms with Crippen molar-refractivity contribution >= 4 is 10.9 Å². The van der Waals surface area contributed by atoms with Gasteiger partial charge in [-0.05, 0) is 96.8 Å². The number of pyridine rings is 1. The lowest BCUT2D eigenvalue weighted by atomic mass is 9.97. The zero-order chi connectivity index (χ0) is 28.3. The van der Waals surface area contributed by atoms with Crippen LogP contribution in [0.15, 0.2) is 83.7 Å². The zero-order valence-electron chi connectivity index (χ0n) is 24.1. The van der Waals surface area contributed by atoms with Gasteiger partial charge in [-0.1, -0.05) is 67.6 Å². The summed E-state index contributed by atoms with van der Waals surface area (Å²) in [5, 5.41) is 14.2. The molecular formula is C33H38N6O. The molecule has 0 radical (unpaired) electrons. The minimum Gasteiger partial charge on any atom is -0.322 e. The molecule has 5 aromatic rings. The summed E-state index contributed by atoms with van der Waals surface area (Å²) in [5.74, 6) is 0.671. The van der Waals surface area contributed by atoms with Gasteiger partial charge in [0.05, 0.1) is 5.54 Å². The topological polar surface area (TPSA) is 79.7 Å². The maximum absolute atomic E-state index is 13.9. The first kappa shape index (κ1) is 27.5. The molecule has 1 N–H and O–H groups in total. The Hall–Kier alpha value is -4.10.